The second-order valence-corrected chi connectivity index (χ2v) is 8.17. The molecule has 4 rings (SSSR count). The zero-order valence-corrected chi connectivity index (χ0v) is 18.6. The highest BCUT2D eigenvalue weighted by Crippen LogP contribution is 2.21. The van der Waals surface area contributed by atoms with Crippen molar-refractivity contribution in [3.63, 3.8) is 0 Å². The molecule has 1 aliphatic heterocycles. The first-order valence-electron chi connectivity index (χ1n) is 10.7. The molecule has 1 amide bonds. The maximum atomic E-state index is 12.8. The quantitative estimate of drug-likeness (QED) is 0.615. The summed E-state index contributed by atoms with van der Waals surface area (Å²) in [6, 6.07) is 20.5. The van der Waals surface area contributed by atoms with Crippen LogP contribution in [0, 0.1) is 6.92 Å². The zero-order valence-electron chi connectivity index (χ0n) is 17.8. The first-order chi connectivity index (χ1) is 15.1. The van der Waals surface area contributed by atoms with Crippen molar-refractivity contribution < 1.29 is 4.79 Å². The predicted octanol–water partition coefficient (Wildman–Crippen LogP) is 3.45. The van der Waals surface area contributed by atoms with E-state index in [0.29, 0.717) is 29.5 Å². The minimum Gasteiger partial charge on any atom is -0.369 e. The van der Waals surface area contributed by atoms with Gasteiger partial charge in [-0.2, -0.15) is 5.10 Å². The summed E-state index contributed by atoms with van der Waals surface area (Å²) in [6.07, 6.45) is 0. The van der Waals surface area contributed by atoms with E-state index in [0.717, 1.165) is 38.3 Å². The lowest BCUT2D eigenvalue weighted by molar-refractivity contribution is 0.0947. The lowest BCUT2D eigenvalue weighted by Gasteiger charge is -2.36. The number of rotatable bonds is 7. The fourth-order valence-electron chi connectivity index (χ4n) is 3.96. The summed E-state index contributed by atoms with van der Waals surface area (Å²) in [5.41, 5.74) is 3.47. The van der Waals surface area contributed by atoms with Gasteiger partial charge >= 0.3 is 0 Å². The van der Waals surface area contributed by atoms with Gasteiger partial charge in [-0.3, -0.25) is 9.69 Å². The molecule has 7 heteroatoms. The van der Waals surface area contributed by atoms with Gasteiger partial charge in [0.25, 0.3) is 5.91 Å². The second-order valence-electron chi connectivity index (χ2n) is 7.81. The van der Waals surface area contributed by atoms with Gasteiger partial charge in [-0.1, -0.05) is 60.1 Å². The zero-order chi connectivity index (χ0) is 21.6. The van der Waals surface area contributed by atoms with Gasteiger partial charge in [0.2, 0.25) is 0 Å². The van der Waals surface area contributed by atoms with E-state index >= 15 is 0 Å². The molecule has 0 unspecified atom stereocenters. The largest absolute Gasteiger partial charge is 0.369 e. The number of benzene rings is 2. The minimum absolute atomic E-state index is 0.162. The Balaban J connectivity index is 1.27. The van der Waals surface area contributed by atoms with Crippen molar-refractivity contribution in [1.82, 2.24) is 20.0 Å². The van der Waals surface area contributed by atoms with Crippen LogP contribution in [-0.2, 0) is 6.54 Å². The monoisotopic (exact) mass is 437 g/mol. The lowest BCUT2D eigenvalue weighted by Crippen LogP contribution is -2.48. The molecule has 31 heavy (non-hydrogen) atoms. The Morgan fingerprint density at radius 3 is 2.32 bits per heavy atom. The minimum atomic E-state index is -0.162. The summed E-state index contributed by atoms with van der Waals surface area (Å²) >= 11 is 6.50. The first kappa shape index (κ1) is 21.4. The van der Waals surface area contributed by atoms with E-state index in [1.165, 1.54) is 5.69 Å². The Labute approximate surface area is 188 Å². The van der Waals surface area contributed by atoms with E-state index in [9.17, 15) is 4.79 Å². The molecule has 1 aromatic heterocycles. The van der Waals surface area contributed by atoms with E-state index in [1.807, 2.05) is 43.3 Å². The molecule has 1 aliphatic rings. The van der Waals surface area contributed by atoms with Crippen LogP contribution in [0.5, 0.6) is 0 Å². The number of carbonyl (C=O) groups excluding carboxylic acids is 1. The van der Waals surface area contributed by atoms with Crippen LogP contribution in [0.15, 0.2) is 60.7 Å². The molecule has 0 radical (unpaired) electrons. The Hall–Kier alpha value is -2.83. The number of hydrogen-bond acceptors (Lipinski definition) is 4. The standard InChI is InChI=1S/C24H28ClN5O/c1-19-22(23(25)30(27-19)18-20-8-4-2-5-9-20)24(31)26-12-13-28-14-16-29(17-15-28)21-10-6-3-7-11-21/h2-11H,12-18H2,1H3,(H,26,31). The molecule has 6 nitrogen and oxygen atoms in total. The van der Waals surface area contributed by atoms with Gasteiger partial charge in [0.05, 0.1) is 17.8 Å². The molecule has 0 aliphatic carbocycles. The van der Waals surface area contributed by atoms with Gasteiger partial charge in [0.15, 0.2) is 0 Å². The van der Waals surface area contributed by atoms with Gasteiger partial charge in [0, 0.05) is 45.0 Å². The average molecular weight is 438 g/mol. The summed E-state index contributed by atoms with van der Waals surface area (Å²) in [4.78, 5) is 17.5. The summed E-state index contributed by atoms with van der Waals surface area (Å²) in [7, 11) is 0. The van der Waals surface area contributed by atoms with Gasteiger partial charge < -0.3 is 10.2 Å². The Morgan fingerprint density at radius 1 is 1.00 bits per heavy atom. The summed E-state index contributed by atoms with van der Waals surface area (Å²) in [5, 5.41) is 7.87. The fourth-order valence-corrected chi connectivity index (χ4v) is 4.28. The van der Waals surface area contributed by atoms with Crippen LogP contribution in [0.2, 0.25) is 5.15 Å². The molecule has 0 atom stereocenters. The summed E-state index contributed by atoms with van der Waals surface area (Å²) < 4.78 is 1.68. The number of piperazine rings is 1. The molecule has 2 heterocycles. The highest BCUT2D eigenvalue weighted by molar-refractivity contribution is 6.33. The fraction of sp³-hybridized carbons (Fsp3) is 0.333. The number of aromatic nitrogens is 2. The Morgan fingerprint density at radius 2 is 1.65 bits per heavy atom. The highest BCUT2D eigenvalue weighted by Gasteiger charge is 2.21. The van der Waals surface area contributed by atoms with Gasteiger partial charge in [-0.25, -0.2) is 4.68 Å². The van der Waals surface area contributed by atoms with Crippen LogP contribution < -0.4 is 10.2 Å². The molecule has 3 aromatic rings. The maximum absolute atomic E-state index is 12.8. The maximum Gasteiger partial charge on any atom is 0.256 e. The van der Waals surface area contributed by atoms with Crippen molar-refractivity contribution >= 4 is 23.2 Å². The smallest absolute Gasteiger partial charge is 0.256 e. The van der Waals surface area contributed by atoms with Crippen molar-refractivity contribution in [3.05, 3.63) is 82.6 Å². The van der Waals surface area contributed by atoms with Gasteiger partial charge in [0.1, 0.15) is 5.15 Å². The number of nitrogens with zero attached hydrogens (tertiary/aromatic N) is 4. The van der Waals surface area contributed by atoms with Crippen molar-refractivity contribution in [2.45, 2.75) is 13.5 Å². The Kier molecular flexibility index (Phi) is 6.89. The first-order valence-corrected chi connectivity index (χ1v) is 11.1. The van der Waals surface area contributed by atoms with Gasteiger partial charge in [-0.15, -0.1) is 0 Å². The van der Waals surface area contributed by atoms with Crippen LogP contribution in [0.1, 0.15) is 21.6 Å². The van der Waals surface area contributed by atoms with E-state index in [2.05, 4.69) is 44.5 Å². The molecule has 0 saturated carbocycles. The third kappa shape index (κ3) is 5.27. The third-order valence-electron chi connectivity index (χ3n) is 5.67. The number of anilines is 1. The number of hydrogen-bond donors (Lipinski definition) is 1. The van der Waals surface area contributed by atoms with Crippen molar-refractivity contribution in [3.8, 4) is 0 Å². The van der Waals surface area contributed by atoms with E-state index in [-0.39, 0.29) is 5.91 Å². The average Bonchev–Trinajstić information content (AvgIpc) is 3.08. The second kappa shape index (κ2) is 9.98. The third-order valence-corrected chi connectivity index (χ3v) is 6.06. The van der Waals surface area contributed by atoms with Crippen LogP contribution in [0.4, 0.5) is 5.69 Å². The molecule has 2 aromatic carbocycles. The van der Waals surface area contributed by atoms with Crippen LogP contribution >= 0.6 is 11.6 Å². The molecule has 1 N–H and O–H groups in total. The number of nitrogens with one attached hydrogen (secondary N) is 1. The molecular weight excluding hydrogens is 410 g/mol. The molecule has 1 saturated heterocycles. The van der Waals surface area contributed by atoms with Crippen LogP contribution in [0.25, 0.3) is 0 Å². The lowest BCUT2D eigenvalue weighted by atomic mass is 10.2. The van der Waals surface area contributed by atoms with E-state index in [1.54, 1.807) is 4.68 Å². The predicted molar refractivity (Wildman–Crippen MR) is 125 cm³/mol. The Bertz CT molecular complexity index is 998. The van der Waals surface area contributed by atoms with E-state index in [4.69, 9.17) is 11.6 Å². The van der Waals surface area contributed by atoms with Crippen molar-refractivity contribution in [2.24, 2.45) is 0 Å². The normalized spacial score (nSPS) is 14.6. The number of carbonyl (C=O) groups is 1. The van der Waals surface area contributed by atoms with Crippen LogP contribution in [0.3, 0.4) is 0 Å². The SMILES string of the molecule is Cc1nn(Cc2ccccc2)c(Cl)c1C(=O)NCCN1CCN(c2ccccc2)CC1. The molecular formula is C24H28ClN5O. The number of para-hydroxylation sites is 1. The number of amides is 1. The van der Waals surface area contributed by atoms with Gasteiger partial charge in [-0.05, 0) is 24.6 Å². The number of halogens is 1. The number of aryl methyl sites for hydroxylation is 1. The summed E-state index contributed by atoms with van der Waals surface area (Å²) in [6.45, 7) is 7.74. The molecule has 0 spiro atoms. The summed E-state index contributed by atoms with van der Waals surface area (Å²) in [5.74, 6) is -0.162. The molecule has 0 bridgehead atoms. The molecule has 162 valence electrons. The van der Waals surface area contributed by atoms with Crippen molar-refractivity contribution in [2.75, 3.05) is 44.2 Å². The molecule has 1 fully saturated rings. The van der Waals surface area contributed by atoms with Crippen LogP contribution in [-0.4, -0.2) is 59.9 Å². The topological polar surface area (TPSA) is 53.4 Å². The highest BCUT2D eigenvalue weighted by atomic mass is 35.5. The van der Waals surface area contributed by atoms with E-state index < -0.39 is 0 Å². The van der Waals surface area contributed by atoms with Crippen molar-refractivity contribution in [1.29, 1.82) is 0 Å².